The van der Waals surface area contributed by atoms with Crippen LogP contribution in [0, 0.1) is 15.9 Å². The van der Waals surface area contributed by atoms with Gasteiger partial charge in [0, 0.05) is 13.0 Å². The van der Waals surface area contributed by atoms with Gasteiger partial charge in [-0.1, -0.05) is 30.3 Å². The van der Waals surface area contributed by atoms with Crippen LogP contribution in [0.4, 0.5) is 15.8 Å². The maximum Gasteiger partial charge on any atom is 0.308 e. The molecule has 2 aromatic rings. The lowest BCUT2D eigenvalue weighted by Crippen LogP contribution is -2.09. The van der Waals surface area contributed by atoms with Crippen molar-refractivity contribution in [1.82, 2.24) is 0 Å². The highest BCUT2D eigenvalue weighted by molar-refractivity contribution is 5.90. The van der Waals surface area contributed by atoms with Crippen LogP contribution in [0.15, 0.2) is 42.5 Å². The molecule has 0 aliphatic carbocycles. The van der Waals surface area contributed by atoms with E-state index in [1.54, 1.807) is 0 Å². The van der Waals surface area contributed by atoms with Gasteiger partial charge in [0.25, 0.3) is 0 Å². The van der Waals surface area contributed by atoms with Gasteiger partial charge in [0.2, 0.25) is 11.7 Å². The number of hydrogen-bond acceptors (Lipinski definition) is 4. The number of ether oxygens (including phenoxy) is 1. The zero-order valence-electron chi connectivity index (χ0n) is 11.7. The molecule has 7 heteroatoms. The van der Waals surface area contributed by atoms with E-state index in [1.165, 1.54) is 6.92 Å². The molecule has 0 bridgehead atoms. The van der Waals surface area contributed by atoms with E-state index in [0.29, 0.717) is 0 Å². The minimum Gasteiger partial charge on any atom is -0.486 e. The molecular weight excluding hydrogens is 291 g/mol. The van der Waals surface area contributed by atoms with Crippen LogP contribution in [-0.4, -0.2) is 10.8 Å². The second kappa shape index (κ2) is 6.66. The van der Waals surface area contributed by atoms with Gasteiger partial charge in [-0.25, -0.2) is 0 Å². The number of carbonyl (C=O) groups excluding carboxylic acids is 1. The first-order valence-electron chi connectivity index (χ1n) is 6.39. The first-order valence-corrected chi connectivity index (χ1v) is 6.39. The molecule has 2 aromatic carbocycles. The lowest BCUT2D eigenvalue weighted by Gasteiger charge is -2.12. The van der Waals surface area contributed by atoms with E-state index in [9.17, 15) is 19.3 Å². The first-order chi connectivity index (χ1) is 10.5. The highest BCUT2D eigenvalue weighted by atomic mass is 19.1. The molecule has 0 radical (unpaired) electrons. The van der Waals surface area contributed by atoms with E-state index in [4.69, 9.17) is 4.74 Å². The summed E-state index contributed by atoms with van der Waals surface area (Å²) in [6.45, 7) is 1.39. The van der Waals surface area contributed by atoms with E-state index in [-0.39, 0.29) is 18.0 Å². The Morgan fingerprint density at radius 2 is 2.00 bits per heavy atom. The molecule has 0 saturated carbocycles. The normalized spacial score (nSPS) is 10.1. The highest BCUT2D eigenvalue weighted by Gasteiger charge is 2.20. The lowest BCUT2D eigenvalue weighted by atomic mass is 10.2. The third kappa shape index (κ3) is 3.78. The van der Waals surface area contributed by atoms with Crippen molar-refractivity contribution in [2.75, 3.05) is 5.32 Å². The number of amides is 1. The number of anilines is 1. The number of benzene rings is 2. The lowest BCUT2D eigenvalue weighted by molar-refractivity contribution is -0.387. The minimum absolute atomic E-state index is 0.0344. The van der Waals surface area contributed by atoms with Crippen LogP contribution in [0.3, 0.4) is 0 Å². The first kappa shape index (κ1) is 15.4. The number of hydrogen-bond donors (Lipinski definition) is 1. The Morgan fingerprint density at radius 1 is 1.32 bits per heavy atom. The standard InChI is InChI=1S/C15H13FN2O4/c1-10(19)17-13-7-12(16)14(18(20)21)8-15(13)22-9-11-5-3-2-4-6-11/h2-8H,9H2,1H3,(H,17,19). The van der Waals surface area contributed by atoms with Crippen LogP contribution < -0.4 is 10.1 Å². The van der Waals surface area contributed by atoms with Gasteiger partial charge in [-0.15, -0.1) is 0 Å². The van der Waals surface area contributed by atoms with Gasteiger partial charge in [0.15, 0.2) is 0 Å². The van der Waals surface area contributed by atoms with Crippen molar-refractivity contribution in [3.63, 3.8) is 0 Å². The molecule has 1 amide bonds. The Morgan fingerprint density at radius 3 is 2.59 bits per heavy atom. The van der Waals surface area contributed by atoms with Crippen molar-refractivity contribution >= 4 is 17.3 Å². The van der Waals surface area contributed by atoms with Gasteiger partial charge in [-0.2, -0.15) is 4.39 Å². The van der Waals surface area contributed by atoms with E-state index in [0.717, 1.165) is 17.7 Å². The fourth-order valence-electron chi connectivity index (χ4n) is 1.82. The fourth-order valence-corrected chi connectivity index (χ4v) is 1.82. The molecule has 0 saturated heterocycles. The van der Waals surface area contributed by atoms with E-state index >= 15 is 0 Å². The summed E-state index contributed by atoms with van der Waals surface area (Å²) < 4.78 is 19.1. The number of rotatable bonds is 5. The van der Waals surface area contributed by atoms with Gasteiger partial charge >= 0.3 is 5.69 Å². The second-order valence-corrected chi connectivity index (χ2v) is 4.51. The third-order valence-corrected chi connectivity index (χ3v) is 2.79. The smallest absolute Gasteiger partial charge is 0.308 e. The molecule has 0 aromatic heterocycles. The molecular formula is C15H13FN2O4. The summed E-state index contributed by atoms with van der Waals surface area (Å²) in [4.78, 5) is 21.1. The van der Waals surface area contributed by atoms with Crippen molar-refractivity contribution < 1.29 is 18.8 Å². The summed E-state index contributed by atoms with van der Waals surface area (Å²) in [5.41, 5.74) is 0.173. The predicted octanol–water partition coefficient (Wildman–Crippen LogP) is 3.27. The summed E-state index contributed by atoms with van der Waals surface area (Å²) in [6, 6.07) is 10.9. The largest absolute Gasteiger partial charge is 0.486 e. The van der Waals surface area contributed by atoms with Gasteiger partial charge in [-0.05, 0) is 5.56 Å². The molecule has 0 aliphatic heterocycles. The SMILES string of the molecule is CC(=O)Nc1cc(F)c([N+](=O)[O-])cc1OCc1ccccc1. The fraction of sp³-hybridized carbons (Fsp3) is 0.133. The Kier molecular flexibility index (Phi) is 4.67. The van der Waals surface area contributed by atoms with Gasteiger partial charge < -0.3 is 10.1 Å². The summed E-state index contributed by atoms with van der Waals surface area (Å²) in [5.74, 6) is -1.44. The third-order valence-electron chi connectivity index (χ3n) is 2.79. The molecule has 6 nitrogen and oxygen atoms in total. The Bertz CT molecular complexity index is 704. The number of halogens is 1. The average molecular weight is 304 g/mol. The quantitative estimate of drug-likeness (QED) is 0.679. The van der Waals surface area contributed by atoms with Gasteiger partial charge in [0.1, 0.15) is 12.4 Å². The molecule has 0 heterocycles. The highest BCUT2D eigenvalue weighted by Crippen LogP contribution is 2.32. The number of carbonyl (C=O) groups is 1. The van der Waals surface area contributed by atoms with Crippen molar-refractivity contribution in [3.05, 3.63) is 64.0 Å². The summed E-state index contributed by atoms with van der Waals surface area (Å²) in [7, 11) is 0. The Labute approximate surface area is 125 Å². The number of nitro benzene ring substituents is 1. The molecule has 114 valence electrons. The zero-order chi connectivity index (χ0) is 16.1. The number of nitrogens with one attached hydrogen (secondary N) is 1. The second-order valence-electron chi connectivity index (χ2n) is 4.51. The summed E-state index contributed by atoms with van der Waals surface area (Å²) >= 11 is 0. The van der Waals surface area contributed by atoms with Crippen LogP contribution in [-0.2, 0) is 11.4 Å². The van der Waals surface area contributed by atoms with Crippen LogP contribution >= 0.6 is 0 Å². The van der Waals surface area contributed by atoms with Crippen LogP contribution in [0.2, 0.25) is 0 Å². The van der Waals surface area contributed by atoms with Crippen molar-refractivity contribution in [2.45, 2.75) is 13.5 Å². The molecule has 0 spiro atoms. The average Bonchev–Trinajstić information content (AvgIpc) is 2.46. The number of nitro groups is 1. The van der Waals surface area contributed by atoms with Crippen LogP contribution in [0.5, 0.6) is 5.75 Å². The molecule has 1 N–H and O–H groups in total. The minimum atomic E-state index is -1.04. The maximum atomic E-state index is 13.6. The maximum absolute atomic E-state index is 13.6. The van der Waals surface area contributed by atoms with E-state index < -0.39 is 22.3 Å². The van der Waals surface area contributed by atoms with Crippen molar-refractivity contribution in [3.8, 4) is 5.75 Å². The Balaban J connectivity index is 2.31. The van der Waals surface area contributed by atoms with Crippen molar-refractivity contribution in [2.24, 2.45) is 0 Å². The molecule has 0 unspecified atom stereocenters. The molecule has 22 heavy (non-hydrogen) atoms. The number of nitrogens with zero attached hydrogens (tertiary/aromatic N) is 1. The summed E-state index contributed by atoms with van der Waals surface area (Å²) in [5, 5.41) is 13.2. The summed E-state index contributed by atoms with van der Waals surface area (Å²) in [6.07, 6.45) is 0. The Hall–Kier alpha value is -2.96. The molecule has 0 atom stereocenters. The predicted molar refractivity (Wildman–Crippen MR) is 78.1 cm³/mol. The molecule has 0 aliphatic rings. The monoisotopic (exact) mass is 304 g/mol. The topological polar surface area (TPSA) is 81.5 Å². The zero-order valence-corrected chi connectivity index (χ0v) is 11.7. The van der Waals surface area contributed by atoms with Gasteiger partial charge in [-0.3, -0.25) is 14.9 Å². The van der Waals surface area contributed by atoms with Crippen LogP contribution in [0.25, 0.3) is 0 Å². The van der Waals surface area contributed by atoms with Gasteiger partial charge in [0.05, 0.1) is 16.7 Å². The van der Waals surface area contributed by atoms with E-state index in [2.05, 4.69) is 5.32 Å². The van der Waals surface area contributed by atoms with Crippen LogP contribution in [0.1, 0.15) is 12.5 Å². The van der Waals surface area contributed by atoms with E-state index in [1.807, 2.05) is 30.3 Å². The van der Waals surface area contributed by atoms with Crippen molar-refractivity contribution in [1.29, 1.82) is 0 Å². The molecule has 2 rings (SSSR count). The molecule has 0 fully saturated rings.